The molecule has 3 nitrogen and oxygen atoms in total. The van der Waals surface area contributed by atoms with Crippen LogP contribution < -0.4 is 0 Å². The van der Waals surface area contributed by atoms with E-state index in [0.717, 1.165) is 38.6 Å². The number of hydrogen-bond acceptors (Lipinski definition) is 2. The summed E-state index contributed by atoms with van der Waals surface area (Å²) < 4.78 is 6.11. The molecule has 0 aromatic rings. The smallest absolute Gasteiger partial charge is 0.251 e. The fourth-order valence-electron chi connectivity index (χ4n) is 3.69. The van der Waals surface area contributed by atoms with Crippen LogP contribution in [0.15, 0.2) is 0 Å². The first-order valence-electron chi connectivity index (χ1n) is 8.59. The highest BCUT2D eigenvalue weighted by Crippen LogP contribution is 2.27. The van der Waals surface area contributed by atoms with Crippen LogP contribution in [0.4, 0.5) is 0 Å². The predicted molar refractivity (Wildman–Crippen MR) is 81.6 cm³/mol. The molecule has 1 amide bonds. The van der Waals surface area contributed by atoms with Crippen LogP contribution in [0.2, 0.25) is 0 Å². The molecule has 0 aromatic carbocycles. The number of piperidine rings is 1. The highest BCUT2D eigenvalue weighted by Gasteiger charge is 2.34. The van der Waals surface area contributed by atoms with E-state index in [-0.39, 0.29) is 12.0 Å². The van der Waals surface area contributed by atoms with Crippen LogP contribution in [0.25, 0.3) is 0 Å². The molecule has 0 N–H and O–H groups in total. The zero-order chi connectivity index (χ0) is 14.5. The van der Waals surface area contributed by atoms with Gasteiger partial charge in [-0.3, -0.25) is 4.79 Å². The Morgan fingerprint density at radius 2 is 1.80 bits per heavy atom. The fourth-order valence-corrected chi connectivity index (χ4v) is 3.69. The topological polar surface area (TPSA) is 29.5 Å². The highest BCUT2D eigenvalue weighted by atomic mass is 16.5. The lowest BCUT2D eigenvalue weighted by Crippen LogP contribution is -2.51. The van der Waals surface area contributed by atoms with Gasteiger partial charge in [0.15, 0.2) is 0 Å². The molecule has 2 rings (SSSR count). The van der Waals surface area contributed by atoms with Crippen LogP contribution >= 0.6 is 0 Å². The maximum Gasteiger partial charge on any atom is 0.251 e. The van der Waals surface area contributed by atoms with Crippen LogP contribution in [-0.2, 0) is 9.53 Å². The maximum absolute atomic E-state index is 12.8. The number of carbonyl (C=O) groups excluding carboxylic acids is 1. The predicted octanol–water partition coefficient (Wildman–Crippen LogP) is 3.76. The quantitative estimate of drug-likeness (QED) is 0.768. The first-order valence-corrected chi connectivity index (χ1v) is 8.59. The lowest BCUT2D eigenvalue weighted by atomic mass is 9.92. The molecule has 20 heavy (non-hydrogen) atoms. The number of rotatable bonds is 5. The third-order valence-electron chi connectivity index (χ3n) is 4.91. The van der Waals surface area contributed by atoms with Crippen molar-refractivity contribution in [1.29, 1.82) is 0 Å². The van der Waals surface area contributed by atoms with Crippen molar-refractivity contribution in [3.05, 3.63) is 0 Å². The highest BCUT2D eigenvalue weighted by molar-refractivity contribution is 5.81. The summed E-state index contributed by atoms with van der Waals surface area (Å²) in [5.74, 6) is 0.793. The summed E-state index contributed by atoms with van der Waals surface area (Å²) in [6, 6.07) is 0.414. The van der Waals surface area contributed by atoms with Crippen molar-refractivity contribution in [1.82, 2.24) is 4.90 Å². The number of nitrogens with zero attached hydrogens (tertiary/aromatic N) is 1. The number of amides is 1. The molecule has 0 aromatic heterocycles. The Morgan fingerprint density at radius 3 is 2.40 bits per heavy atom. The first-order chi connectivity index (χ1) is 9.63. The second-order valence-corrected chi connectivity index (χ2v) is 6.78. The van der Waals surface area contributed by atoms with Crippen molar-refractivity contribution >= 4 is 5.91 Å². The van der Waals surface area contributed by atoms with Crippen molar-refractivity contribution in [3.8, 4) is 0 Å². The minimum Gasteiger partial charge on any atom is -0.365 e. The molecule has 116 valence electrons. The molecule has 2 aliphatic rings. The van der Waals surface area contributed by atoms with E-state index in [4.69, 9.17) is 4.74 Å². The van der Waals surface area contributed by atoms with Crippen LogP contribution in [0, 0.1) is 5.92 Å². The third kappa shape index (κ3) is 3.75. The van der Waals surface area contributed by atoms with Crippen molar-refractivity contribution in [2.75, 3.05) is 6.54 Å². The summed E-state index contributed by atoms with van der Waals surface area (Å²) in [6.45, 7) is 7.46. The van der Waals surface area contributed by atoms with E-state index < -0.39 is 0 Å². The Balaban J connectivity index is 1.98. The first kappa shape index (κ1) is 15.8. The summed E-state index contributed by atoms with van der Waals surface area (Å²) in [5.41, 5.74) is 0. The molecule has 1 aliphatic carbocycles. The monoisotopic (exact) mass is 281 g/mol. The summed E-state index contributed by atoms with van der Waals surface area (Å²) in [6.07, 6.45) is 9.26. The van der Waals surface area contributed by atoms with Crippen molar-refractivity contribution in [2.24, 2.45) is 5.92 Å². The third-order valence-corrected chi connectivity index (χ3v) is 4.91. The van der Waals surface area contributed by atoms with Gasteiger partial charge in [-0.05, 0) is 44.4 Å². The van der Waals surface area contributed by atoms with Gasteiger partial charge in [-0.1, -0.05) is 33.6 Å². The number of likely N-dealkylation sites (tertiary alicyclic amines) is 1. The molecule has 2 atom stereocenters. The molecular weight excluding hydrogens is 250 g/mol. The normalized spacial score (nSPS) is 26.2. The minimum absolute atomic E-state index is 0.211. The molecule has 3 heteroatoms. The van der Waals surface area contributed by atoms with Gasteiger partial charge in [0, 0.05) is 12.6 Å². The van der Waals surface area contributed by atoms with E-state index in [0.29, 0.717) is 18.1 Å². The minimum atomic E-state index is -0.211. The van der Waals surface area contributed by atoms with E-state index in [1.54, 1.807) is 0 Å². The van der Waals surface area contributed by atoms with Crippen molar-refractivity contribution in [3.63, 3.8) is 0 Å². The van der Waals surface area contributed by atoms with Gasteiger partial charge >= 0.3 is 0 Å². The lowest BCUT2D eigenvalue weighted by Gasteiger charge is -2.40. The van der Waals surface area contributed by atoms with Gasteiger partial charge in [0.1, 0.15) is 6.10 Å². The molecule has 1 heterocycles. The molecule has 1 aliphatic heterocycles. The standard InChI is InChI=1S/C17H31NO2/c1-4-16(20-14-9-5-6-10-14)17(19)18-12-8-7-11-15(18)13(2)3/h13-16H,4-12H2,1-3H3/t15-,16+/m1/s1. The zero-order valence-corrected chi connectivity index (χ0v) is 13.4. The summed E-state index contributed by atoms with van der Waals surface area (Å²) in [5, 5.41) is 0. The zero-order valence-electron chi connectivity index (χ0n) is 13.4. The van der Waals surface area contributed by atoms with Crippen LogP contribution in [-0.4, -0.2) is 35.6 Å². The average Bonchev–Trinajstić information content (AvgIpc) is 2.97. The fraction of sp³-hybridized carbons (Fsp3) is 0.941. The van der Waals surface area contributed by atoms with E-state index in [1.807, 2.05) is 0 Å². The molecule has 2 fully saturated rings. The Bertz CT molecular complexity index is 310. The van der Waals surface area contributed by atoms with Gasteiger partial charge in [-0.15, -0.1) is 0 Å². The van der Waals surface area contributed by atoms with Crippen LogP contribution in [0.1, 0.15) is 72.1 Å². The average molecular weight is 281 g/mol. The van der Waals surface area contributed by atoms with Gasteiger partial charge in [0.05, 0.1) is 6.10 Å². The van der Waals surface area contributed by atoms with Crippen molar-refractivity contribution < 1.29 is 9.53 Å². The molecule has 0 spiro atoms. The number of hydrogen-bond donors (Lipinski definition) is 0. The van der Waals surface area contributed by atoms with Gasteiger partial charge in [-0.25, -0.2) is 0 Å². The Labute approximate surface area is 124 Å². The number of ether oxygens (including phenoxy) is 1. The lowest BCUT2D eigenvalue weighted by molar-refractivity contribution is -0.152. The Kier molecular flexibility index (Phi) is 5.88. The van der Waals surface area contributed by atoms with Gasteiger partial charge in [-0.2, -0.15) is 0 Å². The second-order valence-electron chi connectivity index (χ2n) is 6.78. The molecule has 1 saturated carbocycles. The molecule has 0 radical (unpaired) electrons. The SMILES string of the molecule is CC[C@H](OC1CCCC1)C(=O)N1CCCC[C@@H]1C(C)C. The van der Waals surface area contributed by atoms with Gasteiger partial charge < -0.3 is 9.64 Å². The van der Waals surface area contributed by atoms with E-state index >= 15 is 0 Å². The van der Waals surface area contributed by atoms with E-state index in [1.165, 1.54) is 19.3 Å². The Morgan fingerprint density at radius 1 is 1.15 bits per heavy atom. The summed E-state index contributed by atoms with van der Waals surface area (Å²) >= 11 is 0. The maximum atomic E-state index is 12.8. The largest absolute Gasteiger partial charge is 0.365 e. The summed E-state index contributed by atoms with van der Waals surface area (Å²) in [7, 11) is 0. The molecular formula is C17H31NO2. The van der Waals surface area contributed by atoms with Gasteiger partial charge in [0.2, 0.25) is 0 Å². The Hall–Kier alpha value is -0.570. The molecule has 1 saturated heterocycles. The second kappa shape index (κ2) is 7.44. The van der Waals surface area contributed by atoms with Gasteiger partial charge in [0.25, 0.3) is 5.91 Å². The summed E-state index contributed by atoms with van der Waals surface area (Å²) in [4.78, 5) is 15.0. The van der Waals surface area contributed by atoms with Crippen LogP contribution in [0.5, 0.6) is 0 Å². The number of carbonyl (C=O) groups is 1. The van der Waals surface area contributed by atoms with Crippen molar-refractivity contribution in [2.45, 2.75) is 90.4 Å². The van der Waals surface area contributed by atoms with E-state index in [9.17, 15) is 4.79 Å². The molecule has 0 unspecified atom stereocenters. The molecule has 0 bridgehead atoms. The van der Waals surface area contributed by atoms with E-state index in [2.05, 4.69) is 25.7 Å². The van der Waals surface area contributed by atoms with Crippen LogP contribution in [0.3, 0.4) is 0 Å².